The van der Waals surface area contributed by atoms with Gasteiger partial charge in [0.15, 0.2) is 0 Å². The summed E-state index contributed by atoms with van der Waals surface area (Å²) in [6, 6.07) is 16.5. The lowest BCUT2D eigenvalue weighted by molar-refractivity contribution is -0.0924. The van der Waals surface area contributed by atoms with Crippen LogP contribution in [0.4, 0.5) is 11.4 Å². The molecule has 2 aliphatic rings. The number of aromatic nitrogens is 4. The van der Waals surface area contributed by atoms with E-state index < -0.39 is 0 Å². The first kappa shape index (κ1) is 29.4. The summed E-state index contributed by atoms with van der Waals surface area (Å²) in [7, 11) is 0. The van der Waals surface area contributed by atoms with Crippen LogP contribution in [-0.2, 0) is 4.74 Å². The second-order valence-corrected chi connectivity index (χ2v) is 13.6. The summed E-state index contributed by atoms with van der Waals surface area (Å²) < 4.78 is 7.47. The first-order valence-electron chi connectivity index (χ1n) is 15.0. The Morgan fingerprint density at radius 2 is 1.91 bits per heavy atom. The second-order valence-electron chi connectivity index (χ2n) is 13.2. The van der Waals surface area contributed by atoms with Crippen molar-refractivity contribution in [3.05, 3.63) is 76.7 Å². The highest BCUT2D eigenvalue weighted by Gasteiger charge is 2.33. The molecule has 0 aliphatic carbocycles. The highest BCUT2D eigenvalue weighted by atomic mass is 35.5. The summed E-state index contributed by atoms with van der Waals surface area (Å²) in [5.41, 5.74) is 4.75. The molecule has 6 rings (SSSR count). The molecular weight excluding hydrogens is 560 g/mol. The van der Waals surface area contributed by atoms with Crippen LogP contribution in [0.1, 0.15) is 69.4 Å². The van der Waals surface area contributed by atoms with Crippen molar-refractivity contribution in [3.8, 4) is 6.07 Å². The number of hydrogen-bond acceptors (Lipinski definition) is 8. The number of rotatable bonds is 8. The molecule has 0 bridgehead atoms. The van der Waals surface area contributed by atoms with Crippen molar-refractivity contribution in [3.63, 3.8) is 0 Å². The molecule has 2 saturated heterocycles. The number of likely N-dealkylation sites (tertiary alicyclic amines) is 1. The molecule has 2 aliphatic heterocycles. The number of ether oxygens (including phenoxy) is 1. The van der Waals surface area contributed by atoms with E-state index in [2.05, 4.69) is 82.9 Å². The molecule has 9 nitrogen and oxygen atoms in total. The van der Waals surface area contributed by atoms with Crippen LogP contribution in [0.5, 0.6) is 0 Å². The normalized spacial score (nSPS) is 18.1. The Kier molecular flexibility index (Phi) is 8.03. The van der Waals surface area contributed by atoms with Crippen LogP contribution in [-0.4, -0.2) is 63.3 Å². The summed E-state index contributed by atoms with van der Waals surface area (Å²) in [5, 5.41) is 27.6. The molecule has 2 aromatic heterocycles. The van der Waals surface area contributed by atoms with Crippen LogP contribution in [0.25, 0.3) is 10.9 Å². The topological polar surface area (TPSA) is 104 Å². The van der Waals surface area contributed by atoms with Gasteiger partial charge in [-0.05, 0) is 51.3 Å². The summed E-state index contributed by atoms with van der Waals surface area (Å²) >= 11 is 6.81. The molecule has 43 heavy (non-hydrogen) atoms. The summed E-state index contributed by atoms with van der Waals surface area (Å²) in [6.07, 6.45) is 5.74. The van der Waals surface area contributed by atoms with Crippen LogP contribution in [0.15, 0.2) is 54.9 Å². The first-order chi connectivity index (χ1) is 20.6. The molecule has 1 unspecified atom stereocenters. The maximum absolute atomic E-state index is 9.90. The molecule has 224 valence electrons. The van der Waals surface area contributed by atoms with E-state index in [1.165, 1.54) is 0 Å². The fourth-order valence-electron chi connectivity index (χ4n) is 6.02. The molecule has 1 atom stereocenters. The highest BCUT2D eigenvalue weighted by Crippen LogP contribution is 2.37. The van der Waals surface area contributed by atoms with Crippen molar-refractivity contribution in [2.75, 3.05) is 43.5 Å². The number of nitrogens with zero attached hydrogens (tertiary/aromatic N) is 6. The summed E-state index contributed by atoms with van der Waals surface area (Å²) in [6.45, 7) is 13.1. The Balaban J connectivity index is 1.31. The number of benzene rings is 2. The number of halogens is 1. The van der Waals surface area contributed by atoms with Crippen LogP contribution in [0.3, 0.4) is 0 Å². The Morgan fingerprint density at radius 1 is 1.16 bits per heavy atom. The fourth-order valence-corrected chi connectivity index (χ4v) is 6.28. The molecule has 0 saturated carbocycles. The van der Waals surface area contributed by atoms with Gasteiger partial charge in [-0.25, -0.2) is 4.68 Å². The maximum Gasteiger partial charge on any atom is 0.109 e. The first-order valence-corrected chi connectivity index (χ1v) is 15.3. The Hall–Kier alpha value is -3.71. The van der Waals surface area contributed by atoms with Gasteiger partial charge < -0.3 is 15.4 Å². The van der Waals surface area contributed by atoms with Crippen LogP contribution < -0.4 is 10.6 Å². The van der Waals surface area contributed by atoms with Gasteiger partial charge in [-0.15, -0.1) is 5.10 Å². The minimum Gasteiger partial charge on any atom is -0.383 e. The van der Waals surface area contributed by atoms with Gasteiger partial charge in [0.05, 0.1) is 53.3 Å². The third-order valence-electron chi connectivity index (χ3n) is 8.69. The lowest BCUT2D eigenvalue weighted by Crippen LogP contribution is -2.46. The smallest absolute Gasteiger partial charge is 0.109 e. The highest BCUT2D eigenvalue weighted by molar-refractivity contribution is 6.35. The predicted octanol–water partition coefficient (Wildman–Crippen LogP) is 6.44. The average molecular weight is 599 g/mol. The molecule has 4 heterocycles. The van der Waals surface area contributed by atoms with Gasteiger partial charge in [-0.2, -0.15) is 5.26 Å². The van der Waals surface area contributed by atoms with Crippen molar-refractivity contribution < 1.29 is 4.74 Å². The number of fused-ring (bicyclic) bond motifs is 1. The van der Waals surface area contributed by atoms with Crippen LogP contribution in [0.2, 0.25) is 5.02 Å². The van der Waals surface area contributed by atoms with Gasteiger partial charge in [-0.1, -0.05) is 54.1 Å². The number of hydrogen-bond donors (Lipinski definition) is 2. The van der Waals surface area contributed by atoms with E-state index in [1.54, 1.807) is 6.20 Å². The van der Waals surface area contributed by atoms with Gasteiger partial charge in [-0.3, -0.25) is 9.88 Å². The van der Waals surface area contributed by atoms with E-state index in [-0.39, 0.29) is 17.0 Å². The number of piperidine rings is 1. The minimum atomic E-state index is -0.257. The van der Waals surface area contributed by atoms with Crippen LogP contribution in [0, 0.1) is 16.7 Å². The largest absolute Gasteiger partial charge is 0.383 e. The van der Waals surface area contributed by atoms with E-state index in [9.17, 15) is 5.26 Å². The number of anilines is 2. The summed E-state index contributed by atoms with van der Waals surface area (Å²) in [5.74, 6) is 0. The maximum atomic E-state index is 9.90. The lowest BCUT2D eigenvalue weighted by Gasteiger charge is -2.40. The lowest BCUT2D eigenvalue weighted by atomic mass is 9.88. The van der Waals surface area contributed by atoms with Gasteiger partial charge in [0, 0.05) is 47.9 Å². The van der Waals surface area contributed by atoms with Gasteiger partial charge in [0.2, 0.25) is 0 Å². The summed E-state index contributed by atoms with van der Waals surface area (Å²) in [4.78, 5) is 7.06. The van der Waals surface area contributed by atoms with E-state index in [0.717, 1.165) is 53.9 Å². The van der Waals surface area contributed by atoms with Gasteiger partial charge in [0.25, 0.3) is 0 Å². The van der Waals surface area contributed by atoms with Crippen LogP contribution >= 0.6 is 11.6 Å². The monoisotopic (exact) mass is 598 g/mol. The fraction of sp³-hybridized carbons (Fsp3) is 0.455. The van der Waals surface area contributed by atoms with Crippen molar-refractivity contribution in [1.29, 1.82) is 5.26 Å². The van der Waals surface area contributed by atoms with Crippen molar-refractivity contribution in [2.24, 2.45) is 5.41 Å². The second kappa shape index (κ2) is 11.8. The molecule has 2 fully saturated rings. The SMILES string of the molecule is CC1(CNc2c(C#N)cnc3c(Cl)cc(NC(c4ccccc4)c4cn(C5CCN(C(C)(C)C)CC5)nn4)cc23)COC1. The minimum absolute atomic E-state index is 0.0234. The predicted molar refractivity (Wildman–Crippen MR) is 170 cm³/mol. The number of nitrogens with one attached hydrogen (secondary N) is 2. The van der Waals surface area contributed by atoms with Gasteiger partial charge >= 0.3 is 0 Å². The average Bonchev–Trinajstić information content (AvgIpc) is 3.48. The van der Waals surface area contributed by atoms with E-state index in [0.29, 0.717) is 41.9 Å². The third-order valence-corrected chi connectivity index (χ3v) is 8.98. The number of pyridine rings is 1. The molecule has 0 amide bonds. The molecular formula is C33H39ClN8O. The third kappa shape index (κ3) is 6.19. The standard InChI is InChI=1S/C33H39ClN8O/c1-32(2,3)41-12-10-25(11-13-41)42-18-28(39-40-42)30(22-8-6-5-7-9-22)38-24-14-26-29(37-19-33(4)20-43-21-33)23(16-35)17-36-31(26)27(34)15-24/h5-9,14-15,17-18,25,30,38H,10-13,19-21H2,1-4H3,(H,36,37). The van der Waals surface area contributed by atoms with Crippen molar-refractivity contribution in [1.82, 2.24) is 24.9 Å². The molecule has 10 heteroatoms. The zero-order chi connectivity index (χ0) is 30.2. The molecule has 2 N–H and O–H groups in total. The molecule has 0 spiro atoms. The van der Waals surface area contributed by atoms with E-state index in [4.69, 9.17) is 16.3 Å². The molecule has 2 aromatic carbocycles. The number of nitriles is 1. The van der Waals surface area contributed by atoms with E-state index in [1.807, 2.05) is 35.0 Å². The van der Waals surface area contributed by atoms with E-state index >= 15 is 0 Å². The molecule has 4 aromatic rings. The quantitative estimate of drug-likeness (QED) is 0.239. The van der Waals surface area contributed by atoms with Gasteiger partial charge in [0.1, 0.15) is 11.8 Å². The van der Waals surface area contributed by atoms with Crippen molar-refractivity contribution >= 4 is 33.9 Å². The molecule has 0 radical (unpaired) electrons. The Morgan fingerprint density at radius 3 is 2.56 bits per heavy atom. The zero-order valence-electron chi connectivity index (χ0n) is 25.3. The Bertz CT molecular complexity index is 1630. The zero-order valence-corrected chi connectivity index (χ0v) is 26.0. The van der Waals surface area contributed by atoms with Crippen molar-refractivity contribution in [2.45, 2.75) is 58.2 Å². The Labute approximate surface area is 258 Å².